The summed E-state index contributed by atoms with van der Waals surface area (Å²) >= 11 is 0. The summed E-state index contributed by atoms with van der Waals surface area (Å²) in [5, 5.41) is 8.40. The van der Waals surface area contributed by atoms with E-state index in [1.165, 1.54) is 0 Å². The number of ketones is 1. The molecule has 1 aromatic rings. The Morgan fingerprint density at radius 1 is 0.750 bits per heavy atom. The molecule has 0 radical (unpaired) electrons. The molecule has 0 fully saturated rings. The van der Waals surface area contributed by atoms with Crippen LogP contribution in [-0.4, -0.2) is 92.3 Å². The van der Waals surface area contributed by atoms with Crippen LogP contribution in [0.2, 0.25) is 0 Å². The number of amides is 2. The van der Waals surface area contributed by atoms with Gasteiger partial charge in [-0.05, 0) is 12.1 Å². The molecule has 1 aromatic carbocycles. The van der Waals surface area contributed by atoms with Crippen molar-refractivity contribution in [2.45, 2.75) is 12.8 Å². The summed E-state index contributed by atoms with van der Waals surface area (Å²) in [6.45, 7) is 1.65. The van der Waals surface area contributed by atoms with Crippen molar-refractivity contribution < 1.29 is 48.0 Å². The van der Waals surface area contributed by atoms with Crippen molar-refractivity contribution in [3.05, 3.63) is 35.4 Å². The highest BCUT2D eigenvalue weighted by atomic mass is 16.6. The molecule has 1 heterocycles. The second-order valence-corrected chi connectivity index (χ2v) is 6.59. The van der Waals surface area contributed by atoms with E-state index in [9.17, 15) is 24.0 Å². The van der Waals surface area contributed by atoms with Gasteiger partial charge in [-0.3, -0.25) is 24.1 Å². The van der Waals surface area contributed by atoms with Crippen molar-refractivity contribution in [1.82, 2.24) is 4.90 Å². The van der Waals surface area contributed by atoms with Crippen LogP contribution in [0.25, 0.3) is 0 Å². The molecule has 0 aromatic heterocycles. The molecule has 11 nitrogen and oxygen atoms in total. The van der Waals surface area contributed by atoms with Gasteiger partial charge in [-0.25, -0.2) is 4.79 Å². The summed E-state index contributed by atoms with van der Waals surface area (Å²) in [7, 11) is 0. The first kappa shape index (κ1) is 25.1. The van der Waals surface area contributed by atoms with E-state index >= 15 is 0 Å². The lowest BCUT2D eigenvalue weighted by molar-refractivity contribution is -0.151. The maximum absolute atomic E-state index is 12.2. The van der Waals surface area contributed by atoms with Crippen LogP contribution in [0.3, 0.4) is 0 Å². The molecule has 2 amide bonds. The first-order chi connectivity index (χ1) is 15.4. The first-order valence-corrected chi connectivity index (χ1v) is 10.0. The standard InChI is InChI=1S/C21H25NO10/c23-17(21(27)28)5-6-18(24)32-14-13-31-12-11-30-10-9-29-8-7-22-19(25)15-3-1-2-4-16(15)20(22)26/h1-4H,5-14H2,(H,27,28). The number of ether oxygens (including phenoxy) is 4. The van der Waals surface area contributed by atoms with Crippen LogP contribution >= 0.6 is 0 Å². The van der Waals surface area contributed by atoms with Gasteiger partial charge in [0.25, 0.3) is 11.8 Å². The molecule has 0 spiro atoms. The number of Topliss-reactive ketones (excluding diaryl/α,β-unsaturated/α-hetero) is 1. The number of carboxylic acids is 1. The Balaban J connectivity index is 1.40. The number of hydrogen-bond donors (Lipinski definition) is 1. The number of carbonyl (C=O) groups is 5. The predicted molar refractivity (Wildman–Crippen MR) is 107 cm³/mol. The number of imide groups is 1. The first-order valence-electron chi connectivity index (χ1n) is 10.0. The van der Waals surface area contributed by atoms with Crippen LogP contribution in [0.5, 0.6) is 0 Å². The Morgan fingerprint density at radius 3 is 1.78 bits per heavy atom. The average molecular weight is 451 g/mol. The molecule has 0 saturated heterocycles. The zero-order valence-electron chi connectivity index (χ0n) is 17.4. The van der Waals surface area contributed by atoms with Crippen LogP contribution in [0.15, 0.2) is 24.3 Å². The van der Waals surface area contributed by atoms with Crippen LogP contribution in [0, 0.1) is 0 Å². The van der Waals surface area contributed by atoms with E-state index < -0.39 is 24.1 Å². The number of carbonyl (C=O) groups excluding carboxylic acids is 4. The smallest absolute Gasteiger partial charge is 0.372 e. The predicted octanol–water partition coefficient (Wildman–Crippen LogP) is 0.310. The van der Waals surface area contributed by atoms with Crippen LogP contribution in [-0.2, 0) is 33.3 Å². The van der Waals surface area contributed by atoms with Gasteiger partial charge in [-0.15, -0.1) is 0 Å². The van der Waals surface area contributed by atoms with Gasteiger partial charge in [0.15, 0.2) is 0 Å². The van der Waals surface area contributed by atoms with Gasteiger partial charge in [0.2, 0.25) is 5.78 Å². The number of benzene rings is 1. The molecular weight excluding hydrogens is 426 g/mol. The van der Waals surface area contributed by atoms with Gasteiger partial charge >= 0.3 is 11.9 Å². The van der Waals surface area contributed by atoms with E-state index in [2.05, 4.69) is 0 Å². The van der Waals surface area contributed by atoms with Crippen molar-refractivity contribution in [3.8, 4) is 0 Å². The van der Waals surface area contributed by atoms with Crippen LogP contribution < -0.4 is 0 Å². The number of rotatable bonds is 16. The molecule has 0 aliphatic carbocycles. The molecule has 1 N–H and O–H groups in total. The molecule has 1 aliphatic rings. The zero-order chi connectivity index (χ0) is 23.3. The van der Waals surface area contributed by atoms with Gasteiger partial charge < -0.3 is 24.1 Å². The number of esters is 1. The van der Waals surface area contributed by atoms with E-state index in [0.29, 0.717) is 24.3 Å². The van der Waals surface area contributed by atoms with E-state index in [4.69, 9.17) is 24.1 Å². The second kappa shape index (κ2) is 13.3. The van der Waals surface area contributed by atoms with Crippen LogP contribution in [0.4, 0.5) is 0 Å². The summed E-state index contributed by atoms with van der Waals surface area (Å²) in [6, 6.07) is 6.68. The Kier molecular flexibility index (Phi) is 10.4. The highest BCUT2D eigenvalue weighted by Gasteiger charge is 2.34. The van der Waals surface area contributed by atoms with Crippen molar-refractivity contribution in [3.63, 3.8) is 0 Å². The number of aliphatic carboxylic acids is 1. The minimum Gasteiger partial charge on any atom is -0.476 e. The number of fused-ring (bicyclic) bond motifs is 1. The van der Waals surface area contributed by atoms with Crippen molar-refractivity contribution >= 4 is 29.5 Å². The number of carboxylic acid groups (broad SMARTS) is 1. The lowest BCUT2D eigenvalue weighted by atomic mass is 10.1. The van der Waals surface area contributed by atoms with Gasteiger partial charge in [-0.1, -0.05) is 12.1 Å². The monoisotopic (exact) mass is 451 g/mol. The highest BCUT2D eigenvalue weighted by Crippen LogP contribution is 2.21. The Hall–Kier alpha value is -3.15. The largest absolute Gasteiger partial charge is 0.476 e. The maximum Gasteiger partial charge on any atom is 0.372 e. The molecule has 0 unspecified atom stereocenters. The van der Waals surface area contributed by atoms with Crippen molar-refractivity contribution in [2.24, 2.45) is 0 Å². The van der Waals surface area contributed by atoms with Gasteiger partial charge in [0.1, 0.15) is 6.61 Å². The molecule has 0 saturated carbocycles. The van der Waals surface area contributed by atoms with Gasteiger partial charge in [-0.2, -0.15) is 0 Å². The quantitative estimate of drug-likeness (QED) is 0.161. The topological polar surface area (TPSA) is 146 Å². The Bertz CT molecular complexity index is 803. The van der Waals surface area contributed by atoms with E-state index in [0.717, 1.165) is 4.90 Å². The van der Waals surface area contributed by atoms with E-state index in [-0.39, 0.29) is 57.8 Å². The summed E-state index contributed by atoms with van der Waals surface area (Å²) < 4.78 is 20.7. The van der Waals surface area contributed by atoms with Gasteiger partial charge in [0, 0.05) is 6.42 Å². The summed E-state index contributed by atoms with van der Waals surface area (Å²) in [5.74, 6) is -3.92. The maximum atomic E-state index is 12.2. The molecule has 32 heavy (non-hydrogen) atoms. The van der Waals surface area contributed by atoms with E-state index in [1.807, 2.05) is 0 Å². The summed E-state index contributed by atoms with van der Waals surface area (Å²) in [5.41, 5.74) is 0.813. The SMILES string of the molecule is O=C(CCC(=O)C(=O)O)OCCOCCOCCOCCN1C(=O)c2ccccc2C1=O. The second-order valence-electron chi connectivity index (χ2n) is 6.59. The minimum atomic E-state index is -1.57. The molecule has 2 rings (SSSR count). The molecule has 174 valence electrons. The van der Waals surface area contributed by atoms with Crippen molar-refractivity contribution in [1.29, 1.82) is 0 Å². The average Bonchev–Trinajstić information content (AvgIpc) is 3.02. The van der Waals surface area contributed by atoms with Gasteiger partial charge in [0.05, 0.1) is 63.7 Å². The van der Waals surface area contributed by atoms with Crippen LogP contribution in [0.1, 0.15) is 33.6 Å². The minimum absolute atomic E-state index is 0.0129. The Morgan fingerprint density at radius 2 is 1.25 bits per heavy atom. The zero-order valence-corrected chi connectivity index (χ0v) is 17.4. The number of hydrogen-bond acceptors (Lipinski definition) is 9. The fourth-order valence-corrected chi connectivity index (χ4v) is 2.75. The molecular formula is C21H25NO10. The van der Waals surface area contributed by atoms with E-state index in [1.54, 1.807) is 24.3 Å². The third-order valence-electron chi connectivity index (χ3n) is 4.37. The summed E-state index contributed by atoms with van der Waals surface area (Å²) in [4.78, 5) is 58.0. The third-order valence-corrected chi connectivity index (χ3v) is 4.37. The lowest BCUT2D eigenvalue weighted by Gasteiger charge is -2.13. The third kappa shape index (κ3) is 7.84. The Labute approximate surface area is 184 Å². The molecule has 1 aliphatic heterocycles. The fraction of sp³-hybridized carbons (Fsp3) is 0.476. The lowest BCUT2D eigenvalue weighted by Crippen LogP contribution is -2.33. The number of nitrogens with zero attached hydrogens (tertiary/aromatic N) is 1. The highest BCUT2D eigenvalue weighted by molar-refractivity contribution is 6.32. The fourth-order valence-electron chi connectivity index (χ4n) is 2.75. The molecule has 0 atom stereocenters. The normalized spacial score (nSPS) is 12.7. The molecule has 11 heteroatoms. The summed E-state index contributed by atoms with van der Waals surface area (Å²) in [6.07, 6.45) is -0.690. The van der Waals surface area contributed by atoms with Crippen molar-refractivity contribution in [2.75, 3.05) is 52.8 Å². The molecule has 0 bridgehead atoms.